The highest BCUT2D eigenvalue weighted by atomic mass is 14.5. The summed E-state index contributed by atoms with van der Waals surface area (Å²) in [6, 6.07) is 0. The Morgan fingerprint density at radius 3 is 1.38 bits per heavy atom. The van der Waals surface area contributed by atoms with Gasteiger partial charge in [0.05, 0.1) is 0 Å². The SMILES string of the molecule is C1CCC(C2CCCC2)(C2CCCC2)CC1. The molecule has 0 saturated heterocycles. The van der Waals surface area contributed by atoms with Crippen molar-refractivity contribution in [2.45, 2.75) is 83.5 Å². The van der Waals surface area contributed by atoms with Crippen molar-refractivity contribution in [2.75, 3.05) is 0 Å². The average Bonchev–Trinajstić information content (AvgIpc) is 3.04. The Balaban J connectivity index is 1.79. The van der Waals surface area contributed by atoms with Crippen LogP contribution in [-0.4, -0.2) is 0 Å². The van der Waals surface area contributed by atoms with Crippen LogP contribution in [0, 0.1) is 17.3 Å². The summed E-state index contributed by atoms with van der Waals surface area (Å²) in [4.78, 5) is 0. The zero-order chi connectivity index (χ0) is 10.8. The van der Waals surface area contributed by atoms with E-state index in [2.05, 4.69) is 0 Å². The summed E-state index contributed by atoms with van der Waals surface area (Å²) >= 11 is 0. The van der Waals surface area contributed by atoms with Gasteiger partial charge in [-0.3, -0.25) is 0 Å². The maximum absolute atomic E-state index is 1.60. The predicted molar refractivity (Wildman–Crippen MR) is 69.4 cm³/mol. The zero-order valence-corrected chi connectivity index (χ0v) is 10.8. The molecule has 0 spiro atoms. The molecule has 3 aliphatic rings. The van der Waals surface area contributed by atoms with Gasteiger partial charge in [0, 0.05) is 0 Å². The van der Waals surface area contributed by atoms with Gasteiger partial charge in [0.25, 0.3) is 0 Å². The summed E-state index contributed by atoms with van der Waals surface area (Å²) in [6.07, 6.45) is 20.3. The van der Waals surface area contributed by atoms with E-state index in [0.29, 0.717) is 0 Å². The van der Waals surface area contributed by atoms with E-state index in [9.17, 15) is 0 Å². The molecule has 0 aromatic rings. The Morgan fingerprint density at radius 2 is 0.938 bits per heavy atom. The van der Waals surface area contributed by atoms with Gasteiger partial charge in [-0.15, -0.1) is 0 Å². The lowest BCUT2D eigenvalue weighted by Gasteiger charge is -2.47. The minimum atomic E-state index is 0.839. The molecule has 0 bridgehead atoms. The lowest BCUT2D eigenvalue weighted by Crippen LogP contribution is -2.38. The molecule has 3 rings (SSSR count). The Kier molecular flexibility index (Phi) is 3.27. The molecule has 3 fully saturated rings. The zero-order valence-electron chi connectivity index (χ0n) is 10.8. The number of hydrogen-bond acceptors (Lipinski definition) is 0. The van der Waals surface area contributed by atoms with Gasteiger partial charge in [-0.2, -0.15) is 0 Å². The number of rotatable bonds is 2. The number of hydrogen-bond donors (Lipinski definition) is 0. The van der Waals surface area contributed by atoms with E-state index in [1.807, 2.05) is 0 Å². The highest BCUT2D eigenvalue weighted by Crippen LogP contribution is 2.57. The molecule has 3 saturated carbocycles. The predicted octanol–water partition coefficient (Wildman–Crippen LogP) is 5.32. The third-order valence-corrected chi connectivity index (χ3v) is 6.12. The summed E-state index contributed by atoms with van der Waals surface area (Å²) in [7, 11) is 0. The van der Waals surface area contributed by atoms with E-state index in [4.69, 9.17) is 0 Å². The molecule has 16 heavy (non-hydrogen) atoms. The summed E-state index contributed by atoms with van der Waals surface area (Å²) in [5.41, 5.74) is 0.839. The Bertz CT molecular complexity index is 194. The van der Waals surface area contributed by atoms with Crippen LogP contribution in [0.15, 0.2) is 0 Å². The van der Waals surface area contributed by atoms with Crippen molar-refractivity contribution in [3.05, 3.63) is 0 Å². The van der Waals surface area contributed by atoms with E-state index in [1.54, 1.807) is 77.0 Å². The standard InChI is InChI=1S/C16H28/c1-6-12-16(13-7-1,14-8-2-3-9-14)15-10-4-5-11-15/h14-15H,1-13H2. The Hall–Kier alpha value is 0. The first-order chi connectivity index (χ1) is 7.92. The summed E-state index contributed by atoms with van der Waals surface area (Å²) in [5.74, 6) is 2.27. The molecule has 0 aromatic carbocycles. The van der Waals surface area contributed by atoms with Crippen LogP contribution in [0.1, 0.15) is 83.5 Å². The lowest BCUT2D eigenvalue weighted by atomic mass is 9.58. The molecule has 92 valence electrons. The first-order valence-electron chi connectivity index (χ1n) is 7.92. The molecule has 0 radical (unpaired) electrons. The second kappa shape index (κ2) is 4.70. The van der Waals surface area contributed by atoms with Gasteiger partial charge >= 0.3 is 0 Å². The van der Waals surface area contributed by atoms with Crippen molar-refractivity contribution in [3.63, 3.8) is 0 Å². The molecule has 0 amide bonds. The molecular weight excluding hydrogens is 192 g/mol. The molecule has 3 aliphatic carbocycles. The molecular formula is C16H28. The van der Waals surface area contributed by atoms with Crippen LogP contribution >= 0.6 is 0 Å². The topological polar surface area (TPSA) is 0 Å². The third kappa shape index (κ3) is 1.83. The molecule has 0 aliphatic heterocycles. The molecule has 0 heteroatoms. The molecule has 0 nitrogen and oxygen atoms in total. The second-order valence-electron chi connectivity index (χ2n) is 6.76. The average molecular weight is 220 g/mol. The monoisotopic (exact) mass is 220 g/mol. The quantitative estimate of drug-likeness (QED) is 0.591. The molecule has 0 N–H and O–H groups in total. The van der Waals surface area contributed by atoms with Gasteiger partial charge < -0.3 is 0 Å². The van der Waals surface area contributed by atoms with E-state index in [0.717, 1.165) is 17.3 Å². The first-order valence-corrected chi connectivity index (χ1v) is 7.92. The smallest absolute Gasteiger partial charge is 0.0241 e. The van der Waals surface area contributed by atoms with Crippen LogP contribution in [0.5, 0.6) is 0 Å². The van der Waals surface area contributed by atoms with Crippen LogP contribution in [0.2, 0.25) is 0 Å². The van der Waals surface area contributed by atoms with Crippen LogP contribution in [0.25, 0.3) is 0 Å². The highest BCUT2D eigenvalue weighted by Gasteiger charge is 2.46. The van der Waals surface area contributed by atoms with Crippen molar-refractivity contribution < 1.29 is 0 Å². The lowest BCUT2D eigenvalue weighted by molar-refractivity contribution is 0.0284. The molecule has 0 unspecified atom stereocenters. The van der Waals surface area contributed by atoms with E-state index >= 15 is 0 Å². The summed E-state index contributed by atoms with van der Waals surface area (Å²) in [5, 5.41) is 0. The van der Waals surface area contributed by atoms with Crippen LogP contribution in [0.4, 0.5) is 0 Å². The molecule has 0 atom stereocenters. The second-order valence-corrected chi connectivity index (χ2v) is 6.76. The van der Waals surface area contributed by atoms with E-state index in [1.165, 1.54) is 6.42 Å². The van der Waals surface area contributed by atoms with Gasteiger partial charge in [0.15, 0.2) is 0 Å². The fourth-order valence-corrected chi connectivity index (χ4v) is 5.36. The van der Waals surface area contributed by atoms with Crippen molar-refractivity contribution in [1.29, 1.82) is 0 Å². The maximum Gasteiger partial charge on any atom is -0.0241 e. The fourth-order valence-electron chi connectivity index (χ4n) is 5.36. The Morgan fingerprint density at radius 1 is 0.500 bits per heavy atom. The van der Waals surface area contributed by atoms with Crippen LogP contribution < -0.4 is 0 Å². The molecule has 0 aromatic heterocycles. The molecule has 0 heterocycles. The Labute approximate surface area is 101 Å². The fraction of sp³-hybridized carbons (Fsp3) is 1.00. The minimum absolute atomic E-state index is 0.839. The van der Waals surface area contributed by atoms with Gasteiger partial charge in [-0.1, -0.05) is 44.9 Å². The summed E-state index contributed by atoms with van der Waals surface area (Å²) < 4.78 is 0. The van der Waals surface area contributed by atoms with E-state index < -0.39 is 0 Å². The van der Waals surface area contributed by atoms with Crippen molar-refractivity contribution in [3.8, 4) is 0 Å². The summed E-state index contributed by atoms with van der Waals surface area (Å²) in [6.45, 7) is 0. The third-order valence-electron chi connectivity index (χ3n) is 6.12. The first kappa shape index (κ1) is 11.1. The van der Waals surface area contributed by atoms with Gasteiger partial charge in [-0.05, 0) is 55.8 Å². The van der Waals surface area contributed by atoms with Crippen molar-refractivity contribution in [2.24, 2.45) is 17.3 Å². The van der Waals surface area contributed by atoms with Crippen LogP contribution in [-0.2, 0) is 0 Å². The van der Waals surface area contributed by atoms with Crippen molar-refractivity contribution in [1.82, 2.24) is 0 Å². The largest absolute Gasteiger partial charge is 0.0533 e. The highest BCUT2D eigenvalue weighted by molar-refractivity contribution is 4.97. The van der Waals surface area contributed by atoms with Gasteiger partial charge in [0.2, 0.25) is 0 Å². The van der Waals surface area contributed by atoms with Gasteiger partial charge in [0.1, 0.15) is 0 Å². The minimum Gasteiger partial charge on any atom is -0.0533 e. The normalized spacial score (nSPS) is 32.2. The van der Waals surface area contributed by atoms with Crippen molar-refractivity contribution >= 4 is 0 Å². The van der Waals surface area contributed by atoms with Gasteiger partial charge in [-0.25, -0.2) is 0 Å². The van der Waals surface area contributed by atoms with E-state index in [-0.39, 0.29) is 0 Å². The van der Waals surface area contributed by atoms with Crippen LogP contribution in [0.3, 0.4) is 0 Å². The maximum atomic E-state index is 1.60.